The molecule has 0 bridgehead atoms. The van der Waals surface area contributed by atoms with Gasteiger partial charge in [0.1, 0.15) is 12.2 Å². The standard InChI is InChI=1S/C20H28N6O5.C18H24N6O2.2CH4/c1-5-7-14(4)31-20-23-18(21)17(26(28)29)19(24-20)25(12-16(27)30-6-2)11-15-9-8-13(3)22-10-15;1-4-5-12(3)26-18-22-16(19)15-17(23-18)24(10-14(25)21-15)9-13-7-6-11(2)20-8-13;;/h8-10,14H,5-7,11-12H2,1-4H3,(H2,21,23,24);6-8,12H,4-5,9-10H2,1-3H3,(H,21,25)(H2,19,22,23);2*1H4/t14-;12-;;/m00../s1. The summed E-state index contributed by atoms with van der Waals surface area (Å²) in [5.41, 5.74) is 15.3. The molecular formula is C40H60N12O7. The molecule has 19 heteroatoms. The Balaban J connectivity index is 0.000000398. The van der Waals surface area contributed by atoms with Crippen LogP contribution in [0.5, 0.6) is 12.0 Å². The Morgan fingerprint density at radius 2 is 1.46 bits per heavy atom. The van der Waals surface area contributed by atoms with Gasteiger partial charge in [0.15, 0.2) is 11.6 Å². The van der Waals surface area contributed by atoms with Crippen LogP contribution in [0.25, 0.3) is 0 Å². The highest BCUT2D eigenvalue weighted by molar-refractivity contribution is 6.03. The molecule has 1 aliphatic heterocycles. The molecule has 0 aromatic carbocycles. The molecule has 5 rings (SSSR count). The van der Waals surface area contributed by atoms with Gasteiger partial charge in [-0.2, -0.15) is 19.9 Å². The molecule has 0 saturated carbocycles. The number of nitrogen functional groups attached to an aromatic ring is 2. The maximum absolute atomic E-state index is 12.2. The summed E-state index contributed by atoms with van der Waals surface area (Å²) in [5.74, 6) is -0.406. The molecule has 0 spiro atoms. The highest BCUT2D eigenvalue weighted by Crippen LogP contribution is 2.35. The fourth-order valence-corrected chi connectivity index (χ4v) is 5.78. The normalized spacial score (nSPS) is 12.5. The van der Waals surface area contributed by atoms with Crippen molar-refractivity contribution >= 4 is 46.5 Å². The Hall–Kier alpha value is -6.40. The zero-order valence-electron chi connectivity index (χ0n) is 33.5. The van der Waals surface area contributed by atoms with E-state index in [1.54, 1.807) is 19.3 Å². The number of nitrogens with zero attached hydrogens (tertiary/aromatic N) is 9. The summed E-state index contributed by atoms with van der Waals surface area (Å²) in [7, 11) is 0. The van der Waals surface area contributed by atoms with E-state index in [-0.39, 0.29) is 88.7 Å². The van der Waals surface area contributed by atoms with E-state index in [0.717, 1.165) is 48.2 Å². The Morgan fingerprint density at radius 3 is 1.98 bits per heavy atom. The Labute approximate surface area is 346 Å². The van der Waals surface area contributed by atoms with Gasteiger partial charge in [-0.05, 0) is 70.7 Å². The molecule has 0 saturated heterocycles. The summed E-state index contributed by atoms with van der Waals surface area (Å²) in [5, 5.41) is 14.5. The highest BCUT2D eigenvalue weighted by atomic mass is 16.6. The lowest BCUT2D eigenvalue weighted by molar-refractivity contribution is -0.383. The van der Waals surface area contributed by atoms with Crippen molar-refractivity contribution in [1.29, 1.82) is 0 Å². The van der Waals surface area contributed by atoms with Crippen molar-refractivity contribution in [3.63, 3.8) is 0 Å². The molecule has 59 heavy (non-hydrogen) atoms. The summed E-state index contributed by atoms with van der Waals surface area (Å²) >= 11 is 0. The first kappa shape index (κ1) is 48.7. The third-order valence-corrected chi connectivity index (χ3v) is 8.47. The monoisotopic (exact) mass is 820 g/mol. The van der Waals surface area contributed by atoms with Crippen molar-refractivity contribution in [2.24, 2.45) is 0 Å². The molecule has 5 N–H and O–H groups in total. The van der Waals surface area contributed by atoms with Crippen molar-refractivity contribution in [2.45, 2.75) is 114 Å². The molecule has 4 aromatic heterocycles. The average Bonchev–Trinajstić information content (AvgIpc) is 3.14. The third kappa shape index (κ3) is 14.2. The Bertz CT molecular complexity index is 1980. The molecule has 1 amide bonds. The van der Waals surface area contributed by atoms with Crippen LogP contribution in [-0.2, 0) is 27.4 Å². The second-order valence-corrected chi connectivity index (χ2v) is 13.5. The minimum absolute atomic E-state index is 0. The van der Waals surface area contributed by atoms with Crippen LogP contribution < -0.4 is 36.1 Å². The van der Waals surface area contributed by atoms with Crippen LogP contribution in [0.2, 0.25) is 0 Å². The highest BCUT2D eigenvalue weighted by Gasteiger charge is 2.31. The Morgan fingerprint density at radius 1 is 0.898 bits per heavy atom. The predicted octanol–water partition coefficient (Wildman–Crippen LogP) is 6.37. The minimum Gasteiger partial charge on any atom is -0.465 e. The number of carbonyl (C=O) groups is 2. The van der Waals surface area contributed by atoms with Crippen molar-refractivity contribution in [2.75, 3.05) is 46.3 Å². The smallest absolute Gasteiger partial charge is 0.353 e. The van der Waals surface area contributed by atoms with Gasteiger partial charge in [0.2, 0.25) is 17.5 Å². The number of hydrogen-bond donors (Lipinski definition) is 3. The number of amides is 1. The van der Waals surface area contributed by atoms with Gasteiger partial charge in [-0.15, -0.1) is 0 Å². The number of aromatic nitrogens is 6. The summed E-state index contributed by atoms with van der Waals surface area (Å²) in [6.45, 7) is 14.1. The van der Waals surface area contributed by atoms with E-state index in [1.165, 1.54) is 4.90 Å². The number of nitro groups is 1. The first-order valence-corrected chi connectivity index (χ1v) is 18.8. The topological polar surface area (TPSA) is 253 Å². The van der Waals surface area contributed by atoms with Gasteiger partial charge in [0.25, 0.3) is 0 Å². The number of carbonyl (C=O) groups excluding carboxylic acids is 2. The maximum atomic E-state index is 12.2. The van der Waals surface area contributed by atoms with Crippen molar-refractivity contribution < 1.29 is 28.7 Å². The predicted molar refractivity (Wildman–Crippen MR) is 228 cm³/mol. The van der Waals surface area contributed by atoms with Crippen LogP contribution in [0.15, 0.2) is 36.7 Å². The van der Waals surface area contributed by atoms with E-state index >= 15 is 0 Å². The van der Waals surface area contributed by atoms with E-state index < -0.39 is 16.6 Å². The van der Waals surface area contributed by atoms with Gasteiger partial charge in [-0.1, -0.05) is 53.7 Å². The second kappa shape index (κ2) is 23.1. The SMILES string of the molecule is C.C.CCC[C@H](C)Oc1nc(N)c([N+](=O)[O-])c(N(CC(=O)OCC)Cc2ccc(C)nc2)n1.CCC[C@H](C)Oc1nc(N)c2c(n1)N(Cc1ccc(C)nc1)CC(=O)N2. The van der Waals surface area contributed by atoms with Crippen LogP contribution in [0.4, 0.5) is 34.6 Å². The van der Waals surface area contributed by atoms with E-state index in [4.69, 9.17) is 25.7 Å². The summed E-state index contributed by atoms with van der Waals surface area (Å²) in [6, 6.07) is 7.69. The molecule has 4 aromatic rings. The first-order chi connectivity index (χ1) is 27.2. The number of anilines is 5. The van der Waals surface area contributed by atoms with Crippen molar-refractivity contribution in [1.82, 2.24) is 29.9 Å². The minimum atomic E-state index is -0.671. The number of pyridine rings is 2. The van der Waals surface area contributed by atoms with Crippen LogP contribution >= 0.6 is 0 Å². The van der Waals surface area contributed by atoms with E-state index in [0.29, 0.717) is 18.1 Å². The van der Waals surface area contributed by atoms with E-state index in [2.05, 4.69) is 42.1 Å². The average molecular weight is 821 g/mol. The molecular weight excluding hydrogens is 761 g/mol. The third-order valence-electron chi connectivity index (χ3n) is 8.47. The molecule has 2 atom stereocenters. The van der Waals surface area contributed by atoms with Gasteiger partial charge >= 0.3 is 23.7 Å². The second-order valence-electron chi connectivity index (χ2n) is 13.5. The molecule has 0 aliphatic carbocycles. The van der Waals surface area contributed by atoms with E-state index in [1.807, 2.05) is 63.8 Å². The van der Waals surface area contributed by atoms with Crippen molar-refractivity contribution in [3.05, 3.63) is 69.3 Å². The number of rotatable bonds is 17. The largest absolute Gasteiger partial charge is 0.465 e. The van der Waals surface area contributed by atoms with E-state index in [9.17, 15) is 19.7 Å². The molecule has 0 unspecified atom stereocenters. The Kier molecular flexibility index (Phi) is 19.1. The number of hydrogen-bond acceptors (Lipinski definition) is 17. The summed E-state index contributed by atoms with van der Waals surface area (Å²) < 4.78 is 16.5. The quantitative estimate of drug-likeness (QED) is 0.0594. The first-order valence-electron chi connectivity index (χ1n) is 18.8. The van der Waals surface area contributed by atoms with Gasteiger partial charge in [0.05, 0.1) is 30.3 Å². The van der Waals surface area contributed by atoms with Crippen LogP contribution in [-0.4, -0.2) is 78.6 Å². The maximum Gasteiger partial charge on any atom is 0.353 e. The fraction of sp³-hybridized carbons (Fsp3) is 0.500. The molecule has 5 heterocycles. The van der Waals surface area contributed by atoms with Crippen molar-refractivity contribution in [3.8, 4) is 12.0 Å². The molecule has 0 fully saturated rings. The van der Waals surface area contributed by atoms with Crippen LogP contribution in [0.1, 0.15) is 97.7 Å². The van der Waals surface area contributed by atoms with Crippen LogP contribution in [0, 0.1) is 24.0 Å². The lowest BCUT2D eigenvalue weighted by Gasteiger charge is -2.30. The number of nitrogens with one attached hydrogen (secondary N) is 1. The van der Waals surface area contributed by atoms with Gasteiger partial charge in [0, 0.05) is 36.9 Å². The number of nitrogens with two attached hydrogens (primary N) is 2. The van der Waals surface area contributed by atoms with Crippen LogP contribution in [0.3, 0.4) is 0 Å². The fourth-order valence-electron chi connectivity index (χ4n) is 5.78. The number of ether oxygens (including phenoxy) is 3. The molecule has 1 aliphatic rings. The van der Waals surface area contributed by atoms with Gasteiger partial charge in [-0.3, -0.25) is 29.7 Å². The molecule has 322 valence electrons. The molecule has 0 radical (unpaired) electrons. The number of esters is 1. The van der Waals surface area contributed by atoms with Gasteiger partial charge in [-0.25, -0.2) is 0 Å². The number of fused-ring (bicyclic) bond motifs is 1. The lowest BCUT2D eigenvalue weighted by atomic mass is 10.2. The summed E-state index contributed by atoms with van der Waals surface area (Å²) in [6.07, 6.45) is 6.74. The zero-order chi connectivity index (χ0) is 41.6. The zero-order valence-corrected chi connectivity index (χ0v) is 33.5. The summed E-state index contributed by atoms with van der Waals surface area (Å²) in [4.78, 5) is 64.1. The lowest BCUT2D eigenvalue weighted by Crippen LogP contribution is -2.39. The molecule has 19 nitrogen and oxygen atoms in total. The van der Waals surface area contributed by atoms with Gasteiger partial charge < -0.3 is 40.8 Å². The number of aryl methyl sites for hydroxylation is 2.